The van der Waals surface area contributed by atoms with E-state index in [-0.39, 0.29) is 16.0 Å². The quantitative estimate of drug-likeness (QED) is 0.857. The van der Waals surface area contributed by atoms with Crippen molar-refractivity contribution < 1.29 is 12.8 Å². The highest BCUT2D eigenvalue weighted by Crippen LogP contribution is 2.32. The highest BCUT2D eigenvalue weighted by atomic mass is 79.9. The summed E-state index contributed by atoms with van der Waals surface area (Å²) in [6, 6.07) is 4.47. The normalized spacial score (nSPS) is 16.4. The molecular formula is C11H12BrFO2S. The first-order valence-corrected chi connectivity index (χ1v) is 7.73. The molecule has 1 aromatic rings. The molecule has 88 valence electrons. The number of halogens is 2. The van der Waals surface area contributed by atoms with Crippen molar-refractivity contribution in [2.45, 2.75) is 18.6 Å². The van der Waals surface area contributed by atoms with Gasteiger partial charge in [0.1, 0.15) is 5.82 Å². The summed E-state index contributed by atoms with van der Waals surface area (Å²) in [5, 5.41) is 0. The van der Waals surface area contributed by atoms with Gasteiger partial charge in [0.2, 0.25) is 0 Å². The Morgan fingerprint density at radius 1 is 1.38 bits per heavy atom. The lowest BCUT2D eigenvalue weighted by molar-refractivity contribution is 0.590. The zero-order valence-corrected chi connectivity index (χ0v) is 11.0. The molecule has 16 heavy (non-hydrogen) atoms. The second-order valence-corrected chi connectivity index (χ2v) is 7.11. The van der Waals surface area contributed by atoms with Crippen LogP contribution in [0, 0.1) is 11.7 Å². The lowest BCUT2D eigenvalue weighted by Gasteiger charge is -2.06. The highest BCUT2D eigenvalue weighted by molar-refractivity contribution is 9.10. The molecule has 0 atom stereocenters. The molecule has 0 radical (unpaired) electrons. The third kappa shape index (κ3) is 3.04. The van der Waals surface area contributed by atoms with Crippen LogP contribution in [0.1, 0.15) is 18.4 Å². The fraction of sp³-hybridized carbons (Fsp3) is 0.455. The molecule has 0 unspecified atom stereocenters. The number of hydrogen-bond acceptors (Lipinski definition) is 2. The third-order valence-electron chi connectivity index (χ3n) is 2.59. The van der Waals surface area contributed by atoms with Gasteiger partial charge in [-0.25, -0.2) is 12.8 Å². The molecule has 1 aromatic carbocycles. The van der Waals surface area contributed by atoms with Crippen LogP contribution in [0.5, 0.6) is 0 Å². The molecule has 2 nitrogen and oxygen atoms in total. The van der Waals surface area contributed by atoms with E-state index in [0.717, 1.165) is 12.8 Å². The summed E-state index contributed by atoms with van der Waals surface area (Å²) in [6.07, 6.45) is 2.01. The fourth-order valence-electron chi connectivity index (χ4n) is 1.60. The zero-order valence-electron chi connectivity index (χ0n) is 8.62. The van der Waals surface area contributed by atoms with Crippen LogP contribution in [0.4, 0.5) is 4.39 Å². The van der Waals surface area contributed by atoms with Crippen LogP contribution in [-0.2, 0) is 15.6 Å². The third-order valence-corrected chi connectivity index (χ3v) is 5.21. The Morgan fingerprint density at radius 3 is 2.69 bits per heavy atom. The van der Waals surface area contributed by atoms with Crippen LogP contribution < -0.4 is 0 Å². The molecule has 0 aromatic heterocycles. The number of sulfone groups is 1. The summed E-state index contributed by atoms with van der Waals surface area (Å²) < 4.78 is 37.0. The number of hydrogen-bond donors (Lipinski definition) is 0. The molecular weight excluding hydrogens is 295 g/mol. The molecule has 0 N–H and O–H groups in total. The van der Waals surface area contributed by atoms with Crippen molar-refractivity contribution in [1.82, 2.24) is 0 Å². The Kier molecular flexibility index (Phi) is 3.35. The zero-order chi connectivity index (χ0) is 11.8. The molecule has 0 bridgehead atoms. The van der Waals surface area contributed by atoms with E-state index < -0.39 is 15.7 Å². The molecule has 0 saturated heterocycles. The topological polar surface area (TPSA) is 34.1 Å². The van der Waals surface area contributed by atoms with E-state index in [1.54, 1.807) is 6.07 Å². The minimum absolute atomic E-state index is 0.0815. The fourth-order valence-corrected chi connectivity index (χ4v) is 4.07. The van der Waals surface area contributed by atoms with E-state index in [2.05, 4.69) is 15.9 Å². The average Bonchev–Trinajstić information content (AvgIpc) is 2.95. The predicted octanol–water partition coefficient (Wildman–Crippen LogP) is 2.91. The second kappa shape index (κ2) is 4.45. The van der Waals surface area contributed by atoms with Crippen molar-refractivity contribution in [2.24, 2.45) is 5.92 Å². The molecule has 1 aliphatic rings. The van der Waals surface area contributed by atoms with Gasteiger partial charge in [-0.3, -0.25) is 0 Å². The molecule has 1 saturated carbocycles. The van der Waals surface area contributed by atoms with Crippen LogP contribution in [-0.4, -0.2) is 14.2 Å². The summed E-state index contributed by atoms with van der Waals surface area (Å²) in [4.78, 5) is 0. The van der Waals surface area contributed by atoms with Crippen LogP contribution in [0.15, 0.2) is 22.7 Å². The van der Waals surface area contributed by atoms with E-state index >= 15 is 0 Å². The van der Waals surface area contributed by atoms with Gasteiger partial charge in [0.25, 0.3) is 0 Å². The lowest BCUT2D eigenvalue weighted by atomic mass is 10.2. The summed E-state index contributed by atoms with van der Waals surface area (Å²) in [6.45, 7) is 0. The Labute approximate surface area is 103 Å². The Morgan fingerprint density at radius 2 is 2.06 bits per heavy atom. The highest BCUT2D eigenvalue weighted by Gasteiger charge is 2.28. The lowest BCUT2D eigenvalue weighted by Crippen LogP contribution is -2.11. The minimum Gasteiger partial charge on any atom is -0.228 e. The van der Waals surface area contributed by atoms with Crippen molar-refractivity contribution in [3.05, 3.63) is 34.1 Å². The maximum absolute atomic E-state index is 13.2. The summed E-state index contributed by atoms with van der Waals surface area (Å²) in [5.41, 5.74) is 0.501. The van der Waals surface area contributed by atoms with E-state index in [1.165, 1.54) is 12.1 Å². The van der Waals surface area contributed by atoms with Gasteiger partial charge >= 0.3 is 0 Å². The smallest absolute Gasteiger partial charge is 0.154 e. The first-order valence-electron chi connectivity index (χ1n) is 5.11. The first kappa shape index (κ1) is 12.0. The molecule has 0 heterocycles. The van der Waals surface area contributed by atoms with Crippen molar-refractivity contribution in [3.8, 4) is 0 Å². The molecule has 0 amide bonds. The van der Waals surface area contributed by atoms with Crippen molar-refractivity contribution >= 4 is 25.8 Å². The average molecular weight is 307 g/mol. The number of benzene rings is 1. The molecule has 1 fully saturated rings. The van der Waals surface area contributed by atoms with Crippen molar-refractivity contribution in [3.63, 3.8) is 0 Å². The maximum atomic E-state index is 13.2. The van der Waals surface area contributed by atoms with Gasteiger partial charge < -0.3 is 0 Å². The summed E-state index contributed by atoms with van der Waals surface area (Å²) in [5.74, 6) is 0.0640. The van der Waals surface area contributed by atoms with Crippen molar-refractivity contribution in [2.75, 3.05) is 5.75 Å². The Bertz CT molecular complexity index is 495. The SMILES string of the molecule is O=S(=O)(Cc1cccc(F)c1Br)CC1CC1. The van der Waals surface area contributed by atoms with Crippen LogP contribution >= 0.6 is 15.9 Å². The molecule has 0 spiro atoms. The van der Waals surface area contributed by atoms with Crippen LogP contribution in [0.2, 0.25) is 0 Å². The predicted molar refractivity (Wildman–Crippen MR) is 64.3 cm³/mol. The van der Waals surface area contributed by atoms with E-state index in [4.69, 9.17) is 0 Å². The second-order valence-electron chi connectivity index (χ2n) is 4.21. The maximum Gasteiger partial charge on any atom is 0.154 e. The van der Waals surface area contributed by atoms with Crippen LogP contribution in [0.3, 0.4) is 0 Å². The minimum atomic E-state index is -3.11. The van der Waals surface area contributed by atoms with Gasteiger partial charge in [-0.1, -0.05) is 12.1 Å². The Hall–Kier alpha value is -0.420. The largest absolute Gasteiger partial charge is 0.228 e. The monoisotopic (exact) mass is 306 g/mol. The standard InChI is InChI=1S/C11H12BrFO2S/c12-11-9(2-1-3-10(11)13)7-16(14,15)6-8-4-5-8/h1-3,8H,4-7H2. The van der Waals surface area contributed by atoms with Crippen molar-refractivity contribution in [1.29, 1.82) is 0 Å². The molecule has 5 heteroatoms. The van der Waals surface area contributed by atoms with Gasteiger partial charge in [0.15, 0.2) is 9.84 Å². The van der Waals surface area contributed by atoms with Gasteiger partial charge in [0.05, 0.1) is 16.0 Å². The van der Waals surface area contributed by atoms with E-state index in [1.807, 2.05) is 0 Å². The molecule has 1 aliphatic carbocycles. The summed E-state index contributed by atoms with van der Waals surface area (Å²) >= 11 is 3.08. The first-order chi connectivity index (χ1) is 7.48. The van der Waals surface area contributed by atoms with Gasteiger partial charge in [-0.15, -0.1) is 0 Å². The molecule has 2 rings (SSSR count). The van der Waals surface area contributed by atoms with Gasteiger partial charge in [-0.2, -0.15) is 0 Å². The Balaban J connectivity index is 2.16. The van der Waals surface area contributed by atoms with Gasteiger partial charge in [-0.05, 0) is 46.3 Å². The van der Waals surface area contributed by atoms with E-state index in [0.29, 0.717) is 11.5 Å². The summed E-state index contributed by atoms with van der Waals surface area (Å²) in [7, 11) is -3.11. The van der Waals surface area contributed by atoms with E-state index in [9.17, 15) is 12.8 Å². The number of rotatable bonds is 4. The van der Waals surface area contributed by atoms with Gasteiger partial charge in [0, 0.05) is 0 Å². The van der Waals surface area contributed by atoms with Crippen LogP contribution in [0.25, 0.3) is 0 Å². The molecule has 0 aliphatic heterocycles.